The van der Waals surface area contributed by atoms with Crippen molar-refractivity contribution in [2.75, 3.05) is 0 Å². The van der Waals surface area contributed by atoms with Crippen molar-refractivity contribution in [1.29, 1.82) is 0 Å². The van der Waals surface area contributed by atoms with Gasteiger partial charge in [0.1, 0.15) is 11.2 Å². The molecule has 10 rings (SSSR count). The number of fused-ring (bicyclic) bond motifs is 6. The Morgan fingerprint density at radius 2 is 1.20 bits per heavy atom. The second kappa shape index (κ2) is 14.3. The van der Waals surface area contributed by atoms with Crippen molar-refractivity contribution in [2.45, 2.75) is 39.2 Å². The largest absolute Gasteiger partial charge is 0.456 e. The number of allylic oxidation sites excluding steroid dienone is 2. The predicted molar refractivity (Wildman–Crippen MR) is 237 cm³/mol. The minimum atomic E-state index is 0.0159. The fourth-order valence-corrected chi connectivity index (χ4v) is 9.18. The number of nitrogens with zero attached hydrogens (tertiary/aromatic N) is 1. The molecule has 2 atom stereocenters. The zero-order valence-electron chi connectivity index (χ0n) is 31.9. The lowest BCUT2D eigenvalue weighted by Crippen LogP contribution is -2.16. The number of rotatable bonds is 6. The van der Waals surface area contributed by atoms with Gasteiger partial charge in [0.15, 0.2) is 0 Å². The van der Waals surface area contributed by atoms with Gasteiger partial charge in [-0.05, 0) is 116 Å². The normalized spacial score (nSPS) is 16.4. The molecule has 0 saturated heterocycles. The van der Waals surface area contributed by atoms with Gasteiger partial charge in [0.2, 0.25) is 0 Å². The minimum Gasteiger partial charge on any atom is -0.456 e. The number of aliphatic imine (C=N–C) groups is 1. The van der Waals surface area contributed by atoms with Crippen molar-refractivity contribution in [1.82, 2.24) is 0 Å². The Morgan fingerprint density at radius 3 is 1.98 bits per heavy atom. The Labute approximate surface area is 328 Å². The average molecular weight is 722 g/mol. The lowest BCUT2D eigenvalue weighted by Gasteiger charge is -2.29. The van der Waals surface area contributed by atoms with Gasteiger partial charge in [-0.15, -0.1) is 0 Å². The molecule has 0 fully saturated rings. The molecule has 1 aliphatic heterocycles. The van der Waals surface area contributed by atoms with Crippen LogP contribution in [0.2, 0.25) is 0 Å². The van der Waals surface area contributed by atoms with Gasteiger partial charge in [-0.25, -0.2) is 0 Å². The smallest absolute Gasteiger partial charge is 0.136 e. The fourth-order valence-electron chi connectivity index (χ4n) is 9.18. The Kier molecular flexibility index (Phi) is 8.68. The molecule has 2 unspecified atom stereocenters. The standard InChI is InChI=1S/C54H43NO/c1-3-36-33-50(41-25-22-39(23-26-41)48-32-44(37-14-6-4-7-15-37)34-52-54(48)47-20-12-13-21-51(47)56-52)55-49(40-17-8-5-9-18-40)30-35(2)53(36)43-28-29-46-42(31-43)27-24-38-16-10-11-19-45(38)46/h4-29,31-32,34,36,50H,3,30,33H2,1-2H3. The summed E-state index contributed by atoms with van der Waals surface area (Å²) >= 11 is 0. The number of hydrogen-bond acceptors (Lipinski definition) is 2. The van der Waals surface area contributed by atoms with Gasteiger partial charge in [-0.2, -0.15) is 0 Å². The molecule has 0 saturated carbocycles. The third kappa shape index (κ3) is 6.12. The van der Waals surface area contributed by atoms with E-state index in [0.717, 1.165) is 52.5 Å². The lowest BCUT2D eigenvalue weighted by atomic mass is 9.78. The van der Waals surface area contributed by atoms with E-state index in [4.69, 9.17) is 9.41 Å². The first kappa shape index (κ1) is 34.0. The van der Waals surface area contributed by atoms with Crippen LogP contribution in [0.15, 0.2) is 191 Å². The summed E-state index contributed by atoms with van der Waals surface area (Å²) in [5.41, 5.74) is 14.3. The highest BCUT2D eigenvalue weighted by atomic mass is 16.3. The maximum Gasteiger partial charge on any atom is 0.136 e. The number of para-hydroxylation sites is 1. The highest BCUT2D eigenvalue weighted by Crippen LogP contribution is 2.44. The second-order valence-electron chi connectivity index (χ2n) is 15.4. The first-order valence-electron chi connectivity index (χ1n) is 20.0. The van der Waals surface area contributed by atoms with Crippen LogP contribution in [0.5, 0.6) is 0 Å². The zero-order valence-corrected chi connectivity index (χ0v) is 31.9. The average Bonchev–Trinajstić information content (AvgIpc) is 3.64. The summed E-state index contributed by atoms with van der Waals surface area (Å²) in [6.07, 6.45) is 2.80. The van der Waals surface area contributed by atoms with Crippen LogP contribution in [-0.4, -0.2) is 5.71 Å². The van der Waals surface area contributed by atoms with Crippen LogP contribution >= 0.6 is 0 Å². The summed E-state index contributed by atoms with van der Waals surface area (Å²) in [7, 11) is 0. The van der Waals surface area contributed by atoms with E-state index in [1.54, 1.807) is 0 Å². The maximum absolute atomic E-state index is 6.47. The van der Waals surface area contributed by atoms with Gasteiger partial charge in [0.25, 0.3) is 0 Å². The van der Waals surface area contributed by atoms with Crippen LogP contribution in [0, 0.1) is 5.92 Å². The maximum atomic E-state index is 6.47. The summed E-state index contributed by atoms with van der Waals surface area (Å²) in [6.45, 7) is 4.68. The second-order valence-corrected chi connectivity index (χ2v) is 15.4. The quantitative estimate of drug-likeness (QED) is 0.157. The molecule has 56 heavy (non-hydrogen) atoms. The fraction of sp³-hybridized carbons (Fsp3) is 0.130. The molecule has 2 heterocycles. The monoisotopic (exact) mass is 721 g/mol. The van der Waals surface area contributed by atoms with Gasteiger partial charge in [-0.1, -0.05) is 164 Å². The van der Waals surface area contributed by atoms with Crippen LogP contribution in [0.25, 0.3) is 71.3 Å². The molecule has 1 aliphatic rings. The van der Waals surface area contributed by atoms with E-state index in [1.165, 1.54) is 66.1 Å². The van der Waals surface area contributed by atoms with Crippen molar-refractivity contribution in [2.24, 2.45) is 10.9 Å². The molecule has 1 aromatic heterocycles. The predicted octanol–water partition coefficient (Wildman–Crippen LogP) is 15.1. The molecule has 0 spiro atoms. The molecule has 2 nitrogen and oxygen atoms in total. The minimum absolute atomic E-state index is 0.0159. The topological polar surface area (TPSA) is 25.5 Å². The summed E-state index contributed by atoms with van der Waals surface area (Å²) < 4.78 is 6.47. The summed E-state index contributed by atoms with van der Waals surface area (Å²) in [5, 5.41) is 7.48. The van der Waals surface area contributed by atoms with Crippen LogP contribution in [0.3, 0.4) is 0 Å². The van der Waals surface area contributed by atoms with Gasteiger partial charge in [-0.3, -0.25) is 4.99 Å². The highest BCUT2D eigenvalue weighted by molar-refractivity contribution is 6.14. The van der Waals surface area contributed by atoms with Crippen LogP contribution in [0.4, 0.5) is 0 Å². The molecule has 0 radical (unpaired) electrons. The Bertz CT molecular complexity index is 2950. The van der Waals surface area contributed by atoms with E-state index in [9.17, 15) is 0 Å². The van der Waals surface area contributed by atoms with Crippen molar-refractivity contribution >= 4 is 54.8 Å². The summed E-state index contributed by atoms with van der Waals surface area (Å²) in [6, 6.07) is 63.9. The molecular weight excluding hydrogens is 679 g/mol. The van der Waals surface area contributed by atoms with E-state index in [1.807, 2.05) is 6.07 Å². The lowest BCUT2D eigenvalue weighted by molar-refractivity contribution is 0.512. The molecular formula is C54H43NO. The van der Waals surface area contributed by atoms with Crippen LogP contribution in [-0.2, 0) is 0 Å². The molecule has 0 bridgehead atoms. The highest BCUT2D eigenvalue weighted by Gasteiger charge is 2.27. The zero-order chi connectivity index (χ0) is 37.6. The van der Waals surface area contributed by atoms with Gasteiger partial charge in [0.05, 0.1) is 6.04 Å². The van der Waals surface area contributed by atoms with Crippen molar-refractivity contribution in [3.05, 3.63) is 198 Å². The molecule has 0 N–H and O–H groups in total. The van der Waals surface area contributed by atoms with E-state index < -0.39 is 0 Å². The van der Waals surface area contributed by atoms with E-state index >= 15 is 0 Å². The van der Waals surface area contributed by atoms with Gasteiger partial charge < -0.3 is 4.42 Å². The molecule has 0 amide bonds. The number of benzene rings is 8. The molecule has 8 aromatic carbocycles. The molecule has 270 valence electrons. The Hall–Kier alpha value is -6.51. The Morgan fingerprint density at radius 1 is 0.536 bits per heavy atom. The van der Waals surface area contributed by atoms with Crippen molar-refractivity contribution in [3.8, 4) is 22.3 Å². The van der Waals surface area contributed by atoms with E-state index in [0.29, 0.717) is 5.92 Å². The Balaban J connectivity index is 1.07. The number of hydrogen-bond donors (Lipinski definition) is 0. The van der Waals surface area contributed by atoms with E-state index in [-0.39, 0.29) is 6.04 Å². The van der Waals surface area contributed by atoms with Crippen molar-refractivity contribution in [3.63, 3.8) is 0 Å². The summed E-state index contributed by atoms with van der Waals surface area (Å²) in [4.78, 5) is 5.64. The molecule has 0 aliphatic carbocycles. The molecule has 2 heteroatoms. The number of furan rings is 1. The van der Waals surface area contributed by atoms with E-state index in [2.05, 4.69) is 184 Å². The summed E-state index contributed by atoms with van der Waals surface area (Å²) in [5.74, 6) is 0.359. The van der Waals surface area contributed by atoms with Crippen LogP contribution < -0.4 is 0 Å². The van der Waals surface area contributed by atoms with Gasteiger partial charge >= 0.3 is 0 Å². The van der Waals surface area contributed by atoms with Crippen LogP contribution in [0.1, 0.15) is 55.8 Å². The van der Waals surface area contributed by atoms with Crippen molar-refractivity contribution < 1.29 is 4.42 Å². The first-order chi connectivity index (χ1) is 27.6. The van der Waals surface area contributed by atoms with Gasteiger partial charge in [0, 0.05) is 22.9 Å². The first-order valence-corrected chi connectivity index (χ1v) is 20.0. The molecule has 9 aromatic rings. The third-order valence-electron chi connectivity index (χ3n) is 12.0. The SMILES string of the molecule is CCC1CC(c2ccc(-c3cc(-c4ccccc4)cc4oc5ccccc5c34)cc2)N=C(c2ccccc2)CC(C)=C1c1ccc2c(ccc3ccccc32)c1. The third-order valence-corrected chi connectivity index (χ3v) is 12.0.